The second-order valence-electron chi connectivity index (χ2n) is 5.21. The van der Waals surface area contributed by atoms with Gasteiger partial charge in [0.05, 0.1) is 19.0 Å². The molecular formula is C15H19N3O. The van der Waals surface area contributed by atoms with Gasteiger partial charge in [-0.05, 0) is 42.7 Å². The Kier molecular flexibility index (Phi) is 3.03. The third-order valence-corrected chi connectivity index (χ3v) is 4.18. The molecule has 0 radical (unpaired) electrons. The first kappa shape index (κ1) is 12.2. The third-order valence-electron chi connectivity index (χ3n) is 4.18. The van der Waals surface area contributed by atoms with Gasteiger partial charge in [-0.1, -0.05) is 6.42 Å². The second-order valence-corrected chi connectivity index (χ2v) is 5.21. The molecular weight excluding hydrogens is 238 g/mol. The monoisotopic (exact) mass is 257 g/mol. The molecule has 0 amide bonds. The minimum absolute atomic E-state index is 0.0880. The lowest BCUT2D eigenvalue weighted by Gasteiger charge is -2.39. The zero-order valence-corrected chi connectivity index (χ0v) is 11.1. The van der Waals surface area contributed by atoms with Crippen LogP contribution >= 0.6 is 0 Å². The standard InChI is InChI=1S/C15H19N3O/c1-19-12-5-3-11(4-6-12)13-9-17-14(18-13)15(10-16)7-2-8-15/h3-6,9H,2,7-8,10,16H2,1H3,(H,17,18). The van der Waals surface area contributed by atoms with E-state index in [1.807, 2.05) is 30.5 Å². The van der Waals surface area contributed by atoms with Crippen molar-refractivity contribution in [3.05, 3.63) is 36.3 Å². The van der Waals surface area contributed by atoms with Crippen molar-refractivity contribution in [2.45, 2.75) is 24.7 Å². The average molecular weight is 257 g/mol. The maximum Gasteiger partial charge on any atom is 0.118 e. The molecule has 0 spiro atoms. The number of hydrogen-bond donors (Lipinski definition) is 2. The van der Waals surface area contributed by atoms with Crippen LogP contribution in [0.3, 0.4) is 0 Å². The summed E-state index contributed by atoms with van der Waals surface area (Å²) in [5, 5.41) is 0. The molecule has 0 saturated heterocycles. The number of nitrogens with one attached hydrogen (secondary N) is 1. The number of aromatic nitrogens is 2. The van der Waals surface area contributed by atoms with Crippen LogP contribution in [0.25, 0.3) is 11.3 Å². The summed E-state index contributed by atoms with van der Waals surface area (Å²) in [4.78, 5) is 7.96. The largest absolute Gasteiger partial charge is 0.497 e. The maximum atomic E-state index is 5.91. The fraction of sp³-hybridized carbons (Fsp3) is 0.400. The lowest BCUT2D eigenvalue weighted by atomic mass is 9.68. The van der Waals surface area contributed by atoms with E-state index in [0.717, 1.165) is 35.7 Å². The second kappa shape index (κ2) is 4.70. The summed E-state index contributed by atoms with van der Waals surface area (Å²) in [6, 6.07) is 7.98. The molecule has 3 rings (SSSR count). The summed E-state index contributed by atoms with van der Waals surface area (Å²) in [7, 11) is 1.67. The highest BCUT2D eigenvalue weighted by molar-refractivity contribution is 5.59. The lowest BCUT2D eigenvalue weighted by Crippen LogP contribution is -2.42. The summed E-state index contributed by atoms with van der Waals surface area (Å²) >= 11 is 0. The van der Waals surface area contributed by atoms with Crippen LogP contribution in [0, 0.1) is 0 Å². The SMILES string of the molecule is COc1ccc(-c2cnc(C3(CN)CCC3)[nH]2)cc1. The van der Waals surface area contributed by atoms with Crippen molar-refractivity contribution in [3.8, 4) is 17.0 Å². The van der Waals surface area contributed by atoms with Gasteiger partial charge in [-0.15, -0.1) is 0 Å². The highest BCUT2D eigenvalue weighted by Crippen LogP contribution is 2.41. The molecule has 3 N–H and O–H groups in total. The van der Waals surface area contributed by atoms with Crippen LogP contribution in [0.4, 0.5) is 0 Å². The Bertz CT molecular complexity index is 550. The molecule has 0 aliphatic heterocycles. The van der Waals surface area contributed by atoms with Gasteiger partial charge in [-0.2, -0.15) is 0 Å². The number of aromatic amines is 1. The molecule has 1 saturated carbocycles. The minimum Gasteiger partial charge on any atom is -0.497 e. The Morgan fingerprint density at radius 2 is 2.05 bits per heavy atom. The highest BCUT2D eigenvalue weighted by atomic mass is 16.5. The van der Waals surface area contributed by atoms with Gasteiger partial charge < -0.3 is 15.5 Å². The third kappa shape index (κ3) is 2.02. The zero-order valence-electron chi connectivity index (χ0n) is 11.1. The summed E-state index contributed by atoms with van der Waals surface area (Å²) in [6.45, 7) is 0.669. The number of benzene rings is 1. The fourth-order valence-corrected chi connectivity index (χ4v) is 2.65. The summed E-state index contributed by atoms with van der Waals surface area (Å²) < 4.78 is 5.17. The van der Waals surface area contributed by atoms with E-state index in [0.29, 0.717) is 6.54 Å². The van der Waals surface area contributed by atoms with Gasteiger partial charge in [-0.3, -0.25) is 0 Å². The van der Waals surface area contributed by atoms with Crippen molar-refractivity contribution in [1.82, 2.24) is 9.97 Å². The molecule has 0 atom stereocenters. The molecule has 19 heavy (non-hydrogen) atoms. The predicted octanol–water partition coefficient (Wildman–Crippen LogP) is 2.47. The summed E-state index contributed by atoms with van der Waals surface area (Å²) in [6.07, 6.45) is 5.42. The Hall–Kier alpha value is -1.81. The molecule has 0 unspecified atom stereocenters. The maximum absolute atomic E-state index is 5.91. The normalized spacial score (nSPS) is 16.9. The molecule has 2 aromatic rings. The summed E-state index contributed by atoms with van der Waals surface area (Å²) in [5.41, 5.74) is 8.15. The molecule has 100 valence electrons. The zero-order chi connectivity index (χ0) is 13.3. The van der Waals surface area contributed by atoms with Gasteiger partial charge in [-0.25, -0.2) is 4.98 Å². The predicted molar refractivity (Wildman–Crippen MR) is 75.2 cm³/mol. The number of imidazole rings is 1. The Morgan fingerprint density at radius 3 is 2.58 bits per heavy atom. The number of hydrogen-bond acceptors (Lipinski definition) is 3. The van der Waals surface area contributed by atoms with Crippen LogP contribution in [0.2, 0.25) is 0 Å². The quantitative estimate of drug-likeness (QED) is 0.884. The average Bonchev–Trinajstić information content (AvgIpc) is 2.88. The van der Waals surface area contributed by atoms with E-state index >= 15 is 0 Å². The van der Waals surface area contributed by atoms with Gasteiger partial charge in [0.15, 0.2) is 0 Å². The van der Waals surface area contributed by atoms with E-state index in [1.165, 1.54) is 6.42 Å². The molecule has 1 heterocycles. The van der Waals surface area contributed by atoms with Crippen LogP contribution in [-0.2, 0) is 5.41 Å². The number of H-pyrrole nitrogens is 1. The number of nitrogens with zero attached hydrogens (tertiary/aromatic N) is 1. The van der Waals surface area contributed by atoms with Gasteiger partial charge in [0.1, 0.15) is 11.6 Å². The molecule has 0 bridgehead atoms. The highest BCUT2D eigenvalue weighted by Gasteiger charge is 2.39. The molecule has 1 aliphatic carbocycles. The van der Waals surface area contributed by atoms with Gasteiger partial charge >= 0.3 is 0 Å². The van der Waals surface area contributed by atoms with E-state index < -0.39 is 0 Å². The number of nitrogens with two attached hydrogens (primary N) is 1. The Labute approximate surface area is 113 Å². The first-order chi connectivity index (χ1) is 9.27. The van der Waals surface area contributed by atoms with Crippen molar-refractivity contribution in [2.24, 2.45) is 5.73 Å². The number of ether oxygens (including phenoxy) is 1. The lowest BCUT2D eigenvalue weighted by molar-refractivity contribution is 0.240. The first-order valence-electron chi connectivity index (χ1n) is 6.67. The smallest absolute Gasteiger partial charge is 0.118 e. The number of rotatable bonds is 4. The molecule has 1 aliphatic rings. The number of methoxy groups -OCH3 is 1. The van der Waals surface area contributed by atoms with Crippen molar-refractivity contribution in [2.75, 3.05) is 13.7 Å². The van der Waals surface area contributed by atoms with Crippen LogP contribution in [-0.4, -0.2) is 23.6 Å². The van der Waals surface area contributed by atoms with Crippen molar-refractivity contribution in [3.63, 3.8) is 0 Å². The van der Waals surface area contributed by atoms with Gasteiger partial charge in [0.2, 0.25) is 0 Å². The van der Waals surface area contributed by atoms with E-state index in [1.54, 1.807) is 7.11 Å². The van der Waals surface area contributed by atoms with Crippen molar-refractivity contribution < 1.29 is 4.74 Å². The van der Waals surface area contributed by atoms with E-state index in [9.17, 15) is 0 Å². The molecule has 4 nitrogen and oxygen atoms in total. The van der Waals surface area contributed by atoms with Crippen LogP contribution in [0.15, 0.2) is 30.5 Å². The molecule has 1 fully saturated rings. The Balaban J connectivity index is 1.88. The van der Waals surface area contributed by atoms with Crippen LogP contribution < -0.4 is 10.5 Å². The van der Waals surface area contributed by atoms with Crippen LogP contribution in [0.1, 0.15) is 25.1 Å². The summed E-state index contributed by atoms with van der Waals surface area (Å²) in [5.74, 6) is 1.90. The van der Waals surface area contributed by atoms with E-state index in [2.05, 4.69) is 9.97 Å². The minimum atomic E-state index is 0.0880. The Morgan fingerprint density at radius 1 is 1.32 bits per heavy atom. The van der Waals surface area contributed by atoms with Crippen LogP contribution in [0.5, 0.6) is 5.75 Å². The van der Waals surface area contributed by atoms with Gasteiger partial charge in [0.25, 0.3) is 0 Å². The molecule has 1 aromatic carbocycles. The first-order valence-corrected chi connectivity index (χ1v) is 6.67. The topological polar surface area (TPSA) is 63.9 Å². The fourth-order valence-electron chi connectivity index (χ4n) is 2.65. The van der Waals surface area contributed by atoms with Crippen molar-refractivity contribution >= 4 is 0 Å². The van der Waals surface area contributed by atoms with Crippen molar-refractivity contribution in [1.29, 1.82) is 0 Å². The van der Waals surface area contributed by atoms with E-state index in [4.69, 9.17) is 10.5 Å². The molecule has 1 aromatic heterocycles. The van der Waals surface area contributed by atoms with Gasteiger partial charge in [0, 0.05) is 12.0 Å². The molecule has 4 heteroatoms. The van der Waals surface area contributed by atoms with E-state index in [-0.39, 0.29) is 5.41 Å².